The number of para-hydroxylation sites is 1. The fourth-order valence-corrected chi connectivity index (χ4v) is 1.92. The Morgan fingerprint density at radius 3 is 2.86 bits per heavy atom. The molecule has 1 heterocycles. The zero-order chi connectivity index (χ0) is 15.4. The third kappa shape index (κ3) is 3.26. The molecular weight excluding hydrogens is 290 g/mol. The molecule has 21 heavy (non-hydrogen) atoms. The summed E-state index contributed by atoms with van der Waals surface area (Å²) < 4.78 is 5.25. The van der Waals surface area contributed by atoms with Gasteiger partial charge in [-0.25, -0.2) is 4.79 Å². The lowest BCUT2D eigenvalue weighted by atomic mass is 10.1. The van der Waals surface area contributed by atoms with Crippen LogP contribution in [0.4, 0.5) is 0 Å². The lowest BCUT2D eigenvalue weighted by Crippen LogP contribution is -2.45. The van der Waals surface area contributed by atoms with Crippen LogP contribution in [0.2, 0.25) is 0 Å². The van der Waals surface area contributed by atoms with E-state index in [0.29, 0.717) is 17.4 Å². The molecule has 0 saturated heterocycles. The van der Waals surface area contributed by atoms with Gasteiger partial charge in [-0.3, -0.25) is 15.6 Å². The molecule has 7 heteroatoms. The average molecular weight is 303 g/mol. The summed E-state index contributed by atoms with van der Waals surface area (Å²) in [4.78, 5) is 23.8. The Morgan fingerprint density at radius 2 is 2.19 bits per heavy atom. The molecular formula is C14H13N3O3S. The first-order valence-electron chi connectivity index (χ1n) is 6.05. The van der Waals surface area contributed by atoms with Crippen molar-refractivity contribution in [1.82, 2.24) is 10.9 Å². The molecule has 0 atom stereocenters. The second-order valence-electron chi connectivity index (χ2n) is 4.22. The van der Waals surface area contributed by atoms with E-state index in [1.165, 1.54) is 6.07 Å². The van der Waals surface area contributed by atoms with Gasteiger partial charge in [-0.2, -0.15) is 0 Å². The molecule has 0 bridgehead atoms. The van der Waals surface area contributed by atoms with Crippen LogP contribution in [-0.4, -0.2) is 11.0 Å². The lowest BCUT2D eigenvalue weighted by molar-refractivity contribution is 0.0940. The van der Waals surface area contributed by atoms with E-state index in [4.69, 9.17) is 10.2 Å². The molecule has 1 aromatic heterocycles. The van der Waals surface area contributed by atoms with Gasteiger partial charge in [0.1, 0.15) is 11.1 Å². The number of hydrogen-bond acceptors (Lipinski definition) is 4. The molecule has 0 radical (unpaired) electrons. The highest BCUT2D eigenvalue weighted by Crippen LogP contribution is 2.19. The smallest absolute Gasteiger partial charge is 0.349 e. The Bertz CT molecular complexity index is 783. The van der Waals surface area contributed by atoms with E-state index in [-0.39, 0.29) is 10.7 Å². The molecule has 0 spiro atoms. The molecule has 0 fully saturated rings. The minimum absolute atomic E-state index is 0.109. The van der Waals surface area contributed by atoms with Crippen LogP contribution in [0.5, 0.6) is 0 Å². The van der Waals surface area contributed by atoms with Crippen molar-refractivity contribution >= 4 is 34.2 Å². The van der Waals surface area contributed by atoms with E-state index < -0.39 is 11.5 Å². The second-order valence-corrected chi connectivity index (χ2v) is 4.66. The van der Waals surface area contributed by atoms with Crippen LogP contribution in [0.3, 0.4) is 0 Å². The Balaban J connectivity index is 2.46. The average Bonchev–Trinajstić information content (AvgIpc) is 2.45. The van der Waals surface area contributed by atoms with E-state index in [1.807, 2.05) is 12.1 Å². The number of nitrogens with two attached hydrogens (primary N) is 1. The maximum atomic E-state index is 11.9. The highest BCUT2D eigenvalue weighted by molar-refractivity contribution is 7.80. The molecule has 0 aliphatic carbocycles. The Labute approximate surface area is 125 Å². The number of nitrogens with one attached hydrogen (secondary N) is 2. The van der Waals surface area contributed by atoms with Crippen LogP contribution in [0.25, 0.3) is 11.0 Å². The van der Waals surface area contributed by atoms with Crippen molar-refractivity contribution in [3.8, 4) is 0 Å². The number of hydrogen-bond donors (Lipinski definition) is 3. The summed E-state index contributed by atoms with van der Waals surface area (Å²) in [6, 6.07) is 6.87. The van der Waals surface area contributed by atoms with Gasteiger partial charge in [-0.1, -0.05) is 24.3 Å². The van der Waals surface area contributed by atoms with Crippen molar-refractivity contribution in [2.24, 2.45) is 5.73 Å². The third-order valence-corrected chi connectivity index (χ3v) is 2.85. The van der Waals surface area contributed by atoms with Gasteiger partial charge in [-0.05, 0) is 30.3 Å². The van der Waals surface area contributed by atoms with Crippen LogP contribution >= 0.6 is 12.2 Å². The monoisotopic (exact) mass is 303 g/mol. The molecule has 0 aliphatic rings. The zero-order valence-corrected chi connectivity index (χ0v) is 11.8. The summed E-state index contributed by atoms with van der Waals surface area (Å²) in [7, 11) is 0. The van der Waals surface area contributed by atoms with Crippen LogP contribution in [0.1, 0.15) is 15.9 Å². The minimum Gasteiger partial charge on any atom is -0.422 e. The minimum atomic E-state index is -0.735. The number of thiocarbonyl (C=S) groups is 1. The largest absolute Gasteiger partial charge is 0.422 e. The Hall–Kier alpha value is -2.67. The first kappa shape index (κ1) is 14.7. The summed E-state index contributed by atoms with van der Waals surface area (Å²) in [5.41, 5.74) is 10.1. The number of carbonyl (C=O) groups is 1. The van der Waals surface area contributed by atoms with Crippen molar-refractivity contribution in [1.29, 1.82) is 0 Å². The highest BCUT2D eigenvalue weighted by Gasteiger charge is 2.14. The van der Waals surface area contributed by atoms with Gasteiger partial charge >= 0.3 is 5.63 Å². The van der Waals surface area contributed by atoms with Gasteiger partial charge in [0.15, 0.2) is 5.11 Å². The fraction of sp³-hybridized carbons (Fsp3) is 0.0714. The van der Waals surface area contributed by atoms with E-state index in [1.54, 1.807) is 12.1 Å². The van der Waals surface area contributed by atoms with Crippen LogP contribution in [0, 0.1) is 0 Å². The van der Waals surface area contributed by atoms with E-state index in [9.17, 15) is 9.59 Å². The van der Waals surface area contributed by atoms with Crippen molar-refractivity contribution in [3.63, 3.8) is 0 Å². The Kier molecular flexibility index (Phi) is 4.34. The molecule has 1 amide bonds. The summed E-state index contributed by atoms with van der Waals surface area (Å²) in [6.45, 7) is 3.66. The number of amides is 1. The van der Waals surface area contributed by atoms with E-state index in [2.05, 4.69) is 29.6 Å². The van der Waals surface area contributed by atoms with Gasteiger partial charge in [0.2, 0.25) is 0 Å². The first-order chi connectivity index (χ1) is 10.0. The maximum absolute atomic E-state index is 11.9. The molecule has 0 unspecified atom stereocenters. The number of fused-ring (bicyclic) bond motifs is 1. The lowest BCUT2D eigenvalue weighted by Gasteiger charge is -2.07. The van der Waals surface area contributed by atoms with Gasteiger partial charge in [-0.15, -0.1) is 6.58 Å². The molecule has 0 saturated carbocycles. The second kappa shape index (κ2) is 6.19. The van der Waals surface area contributed by atoms with Gasteiger partial charge in [0.25, 0.3) is 5.91 Å². The predicted octanol–water partition coefficient (Wildman–Crippen LogP) is 1.000. The number of benzene rings is 1. The Morgan fingerprint density at radius 1 is 1.43 bits per heavy atom. The van der Waals surface area contributed by atoms with Crippen molar-refractivity contribution in [2.75, 3.05) is 0 Å². The van der Waals surface area contributed by atoms with Gasteiger partial charge < -0.3 is 10.2 Å². The number of allylic oxidation sites excluding steroid dienone is 1. The summed E-state index contributed by atoms with van der Waals surface area (Å²) in [6.07, 6.45) is 2.27. The van der Waals surface area contributed by atoms with Gasteiger partial charge in [0.05, 0.1) is 0 Å². The van der Waals surface area contributed by atoms with Gasteiger partial charge in [0, 0.05) is 5.39 Å². The topological polar surface area (TPSA) is 97.4 Å². The molecule has 2 rings (SSSR count). The normalized spacial score (nSPS) is 10.1. The SMILES string of the molecule is C=CCc1cccc2cc(C(=O)NNC(N)=S)c(=O)oc12. The molecule has 4 N–H and O–H groups in total. The number of rotatable bonds is 3. The number of hydrazine groups is 1. The maximum Gasteiger partial charge on any atom is 0.349 e. The number of carbonyl (C=O) groups excluding carboxylic acids is 1. The molecule has 6 nitrogen and oxygen atoms in total. The van der Waals surface area contributed by atoms with Crippen LogP contribution in [-0.2, 0) is 6.42 Å². The summed E-state index contributed by atoms with van der Waals surface area (Å²) in [5, 5.41) is 0.538. The van der Waals surface area contributed by atoms with Crippen molar-refractivity contribution < 1.29 is 9.21 Å². The summed E-state index contributed by atoms with van der Waals surface area (Å²) >= 11 is 4.56. The van der Waals surface area contributed by atoms with Crippen LogP contribution in [0.15, 0.2) is 46.1 Å². The zero-order valence-electron chi connectivity index (χ0n) is 11.0. The third-order valence-electron chi connectivity index (χ3n) is 2.75. The first-order valence-corrected chi connectivity index (χ1v) is 6.46. The standard InChI is InChI=1S/C14H13N3O3S/c1-2-4-8-5-3-6-9-7-10(13(19)20-11(8)9)12(18)16-17-14(15)21/h2-3,5-7H,1,4H2,(H,16,18)(H3,15,17,21). The van der Waals surface area contributed by atoms with Crippen LogP contribution < -0.4 is 22.2 Å². The quantitative estimate of drug-likeness (QED) is 0.339. The predicted molar refractivity (Wildman–Crippen MR) is 83.8 cm³/mol. The highest BCUT2D eigenvalue weighted by atomic mass is 32.1. The molecule has 1 aromatic carbocycles. The van der Waals surface area contributed by atoms with Crippen molar-refractivity contribution in [2.45, 2.75) is 6.42 Å². The molecule has 108 valence electrons. The molecule has 2 aromatic rings. The fourth-order valence-electron chi connectivity index (χ4n) is 1.87. The van der Waals surface area contributed by atoms with Crippen molar-refractivity contribution in [3.05, 3.63) is 58.5 Å². The summed E-state index contributed by atoms with van der Waals surface area (Å²) in [5.74, 6) is -0.674. The van der Waals surface area contributed by atoms with E-state index in [0.717, 1.165) is 5.56 Å². The molecule has 0 aliphatic heterocycles. The van der Waals surface area contributed by atoms with E-state index >= 15 is 0 Å².